The van der Waals surface area contributed by atoms with Gasteiger partial charge in [-0.2, -0.15) is 9.97 Å². The lowest BCUT2D eigenvalue weighted by Gasteiger charge is -2.32. The minimum atomic E-state index is 0.0777. The van der Waals surface area contributed by atoms with Crippen molar-refractivity contribution in [3.05, 3.63) is 41.5 Å². The molecule has 4 rings (SSSR count). The maximum absolute atomic E-state index is 9.18. The maximum atomic E-state index is 9.18. The van der Waals surface area contributed by atoms with Crippen LogP contribution in [-0.2, 0) is 6.54 Å². The van der Waals surface area contributed by atoms with E-state index >= 15 is 0 Å². The van der Waals surface area contributed by atoms with Crippen LogP contribution in [0.25, 0.3) is 0 Å². The number of hydrogen-bond donors (Lipinski definition) is 3. The first-order chi connectivity index (χ1) is 11.8. The molecule has 0 saturated carbocycles. The summed E-state index contributed by atoms with van der Waals surface area (Å²) < 4.78 is 0. The molecule has 3 N–H and O–H groups in total. The molecule has 7 heteroatoms. The Morgan fingerprint density at radius 2 is 2.12 bits per heavy atom. The van der Waals surface area contributed by atoms with Gasteiger partial charge in [0.15, 0.2) is 5.82 Å². The number of benzene rings is 1. The number of likely N-dealkylation sites (N-methyl/N-ethyl adjacent to an activating group) is 1. The highest BCUT2D eigenvalue weighted by atomic mass is 16.3. The molecular formula is C17H22N6O. The summed E-state index contributed by atoms with van der Waals surface area (Å²) in [5.41, 5.74) is 8.91. The summed E-state index contributed by atoms with van der Waals surface area (Å²) in [6.45, 7) is 2.36. The van der Waals surface area contributed by atoms with Gasteiger partial charge in [-0.05, 0) is 12.0 Å². The van der Waals surface area contributed by atoms with Crippen molar-refractivity contribution in [2.45, 2.75) is 19.0 Å². The Morgan fingerprint density at radius 3 is 2.92 bits per heavy atom. The molecule has 0 saturated heterocycles. The van der Waals surface area contributed by atoms with Crippen molar-refractivity contribution in [3.8, 4) is 0 Å². The van der Waals surface area contributed by atoms with Crippen molar-refractivity contribution < 1.29 is 5.11 Å². The lowest BCUT2D eigenvalue weighted by Crippen LogP contribution is -2.34. The van der Waals surface area contributed by atoms with E-state index < -0.39 is 0 Å². The van der Waals surface area contributed by atoms with E-state index in [0.29, 0.717) is 12.5 Å². The molecule has 2 aliphatic heterocycles. The smallest absolute Gasteiger partial charge is 0.229 e. The van der Waals surface area contributed by atoms with Gasteiger partial charge in [0.05, 0.1) is 18.2 Å². The largest absolute Gasteiger partial charge is 0.395 e. The molecule has 2 aromatic rings. The number of nitrogens with zero attached hydrogens (tertiary/aromatic N) is 4. The molecule has 2 aliphatic rings. The van der Waals surface area contributed by atoms with Gasteiger partial charge in [0.25, 0.3) is 0 Å². The summed E-state index contributed by atoms with van der Waals surface area (Å²) in [5.74, 6) is 2.47. The molecule has 0 amide bonds. The number of anilines is 3. The Bertz CT molecular complexity index is 723. The van der Waals surface area contributed by atoms with E-state index in [0.717, 1.165) is 36.7 Å². The third kappa shape index (κ3) is 2.65. The van der Waals surface area contributed by atoms with E-state index in [2.05, 4.69) is 45.0 Å². The van der Waals surface area contributed by atoms with Gasteiger partial charge in [-0.25, -0.2) is 5.43 Å². The van der Waals surface area contributed by atoms with E-state index in [1.165, 1.54) is 5.56 Å². The fourth-order valence-electron chi connectivity index (χ4n) is 3.32. The molecule has 0 bridgehead atoms. The Labute approximate surface area is 141 Å². The SMILES string of the molecule is CN(CCO)c1nc2c3c(n1)N(Cc1ccccc1)CCC3NN2. The molecule has 0 fully saturated rings. The van der Waals surface area contributed by atoms with Gasteiger partial charge in [0, 0.05) is 26.7 Å². The van der Waals surface area contributed by atoms with Crippen molar-refractivity contribution in [2.75, 3.05) is 42.0 Å². The lowest BCUT2D eigenvalue weighted by atomic mass is 10.0. The summed E-state index contributed by atoms with van der Waals surface area (Å²) in [4.78, 5) is 13.6. The van der Waals surface area contributed by atoms with Crippen molar-refractivity contribution in [1.82, 2.24) is 15.4 Å². The first-order valence-corrected chi connectivity index (χ1v) is 8.30. The van der Waals surface area contributed by atoms with Crippen LogP contribution in [0.5, 0.6) is 0 Å². The molecule has 0 radical (unpaired) electrons. The number of rotatable bonds is 5. The molecule has 0 spiro atoms. The van der Waals surface area contributed by atoms with Gasteiger partial charge in [0.1, 0.15) is 5.82 Å². The first-order valence-electron chi connectivity index (χ1n) is 8.30. The van der Waals surface area contributed by atoms with Gasteiger partial charge >= 0.3 is 0 Å². The van der Waals surface area contributed by atoms with Crippen LogP contribution in [0.1, 0.15) is 23.6 Å². The third-order valence-corrected chi connectivity index (χ3v) is 4.61. The highest BCUT2D eigenvalue weighted by Gasteiger charge is 2.35. The average molecular weight is 326 g/mol. The van der Waals surface area contributed by atoms with Crippen molar-refractivity contribution >= 4 is 17.6 Å². The highest BCUT2D eigenvalue weighted by molar-refractivity contribution is 5.67. The quantitative estimate of drug-likeness (QED) is 0.764. The van der Waals surface area contributed by atoms with Crippen LogP contribution < -0.4 is 20.7 Å². The molecule has 0 aliphatic carbocycles. The van der Waals surface area contributed by atoms with Gasteiger partial charge < -0.3 is 20.3 Å². The zero-order valence-electron chi connectivity index (χ0n) is 13.7. The minimum Gasteiger partial charge on any atom is -0.395 e. The molecule has 1 aromatic heterocycles. The van der Waals surface area contributed by atoms with Gasteiger partial charge in [-0.15, -0.1) is 0 Å². The number of aromatic nitrogens is 2. The zero-order valence-corrected chi connectivity index (χ0v) is 13.7. The van der Waals surface area contributed by atoms with Crippen molar-refractivity contribution in [2.24, 2.45) is 0 Å². The number of hydrogen-bond acceptors (Lipinski definition) is 7. The van der Waals surface area contributed by atoms with Crippen LogP contribution in [0, 0.1) is 0 Å². The second-order valence-corrected chi connectivity index (χ2v) is 6.27. The summed E-state index contributed by atoms with van der Waals surface area (Å²) in [7, 11) is 1.90. The summed E-state index contributed by atoms with van der Waals surface area (Å²) in [5, 5.41) is 9.18. The van der Waals surface area contributed by atoms with E-state index in [1.54, 1.807) is 0 Å². The molecule has 24 heavy (non-hydrogen) atoms. The second-order valence-electron chi connectivity index (χ2n) is 6.27. The highest BCUT2D eigenvalue weighted by Crippen LogP contribution is 2.41. The monoisotopic (exact) mass is 326 g/mol. The predicted octanol–water partition coefficient (Wildman–Crippen LogP) is 1.29. The normalized spacial score (nSPS) is 18.2. The fraction of sp³-hybridized carbons (Fsp3) is 0.412. The molecule has 1 unspecified atom stereocenters. The molecular weight excluding hydrogens is 304 g/mol. The van der Waals surface area contributed by atoms with E-state index in [1.807, 2.05) is 18.0 Å². The summed E-state index contributed by atoms with van der Waals surface area (Å²) in [6, 6.07) is 10.7. The second kappa shape index (κ2) is 6.26. The van der Waals surface area contributed by atoms with Crippen LogP contribution in [0.4, 0.5) is 17.6 Å². The zero-order chi connectivity index (χ0) is 16.5. The average Bonchev–Trinajstić information content (AvgIpc) is 3.02. The molecule has 3 heterocycles. The van der Waals surface area contributed by atoms with Crippen molar-refractivity contribution in [1.29, 1.82) is 0 Å². The van der Waals surface area contributed by atoms with Crippen LogP contribution in [0.15, 0.2) is 30.3 Å². The number of nitrogens with one attached hydrogen (secondary N) is 2. The van der Waals surface area contributed by atoms with E-state index in [9.17, 15) is 5.11 Å². The molecule has 1 atom stereocenters. The Hall–Kier alpha value is -2.38. The summed E-state index contributed by atoms with van der Waals surface area (Å²) in [6.07, 6.45) is 1.02. The molecule has 126 valence electrons. The topological polar surface area (TPSA) is 76.5 Å². The van der Waals surface area contributed by atoms with Gasteiger partial charge in [-0.1, -0.05) is 30.3 Å². The maximum Gasteiger partial charge on any atom is 0.229 e. The first kappa shape index (κ1) is 15.2. The standard InChI is InChI=1S/C17H22N6O/c1-22(9-10-24)17-18-15-14-13(20-21-15)7-8-23(16(14)19-17)11-12-5-3-2-4-6-12/h2-6,13,20,24H,7-11H2,1H3,(H,18,19,21). The van der Waals surface area contributed by atoms with Crippen LogP contribution in [-0.4, -0.2) is 41.8 Å². The summed E-state index contributed by atoms with van der Waals surface area (Å²) >= 11 is 0. The Morgan fingerprint density at radius 1 is 1.29 bits per heavy atom. The number of hydrazine groups is 1. The number of aliphatic hydroxyl groups excluding tert-OH is 1. The van der Waals surface area contributed by atoms with Crippen LogP contribution >= 0.6 is 0 Å². The fourth-order valence-corrected chi connectivity index (χ4v) is 3.32. The van der Waals surface area contributed by atoms with E-state index in [4.69, 9.17) is 4.98 Å². The van der Waals surface area contributed by atoms with E-state index in [-0.39, 0.29) is 12.6 Å². The predicted molar refractivity (Wildman–Crippen MR) is 94.0 cm³/mol. The third-order valence-electron chi connectivity index (χ3n) is 4.61. The van der Waals surface area contributed by atoms with Crippen LogP contribution in [0.3, 0.4) is 0 Å². The minimum absolute atomic E-state index is 0.0777. The molecule has 7 nitrogen and oxygen atoms in total. The van der Waals surface area contributed by atoms with Crippen LogP contribution in [0.2, 0.25) is 0 Å². The van der Waals surface area contributed by atoms with Crippen molar-refractivity contribution in [3.63, 3.8) is 0 Å². The Balaban J connectivity index is 1.70. The lowest BCUT2D eigenvalue weighted by molar-refractivity contribution is 0.303. The van der Waals surface area contributed by atoms with Gasteiger partial charge in [-0.3, -0.25) is 0 Å². The molecule has 1 aromatic carbocycles. The van der Waals surface area contributed by atoms with Gasteiger partial charge in [0.2, 0.25) is 5.95 Å². The Kier molecular flexibility index (Phi) is 3.95. The number of aliphatic hydroxyl groups is 1.